The quantitative estimate of drug-likeness (QED) is 0.638. The van der Waals surface area contributed by atoms with Crippen LogP contribution in [0.2, 0.25) is 0 Å². The number of carbonyl (C=O) groups excluding carboxylic acids is 1. The zero-order chi connectivity index (χ0) is 19.9. The van der Waals surface area contributed by atoms with Gasteiger partial charge in [-0.2, -0.15) is 4.31 Å². The van der Waals surface area contributed by atoms with Crippen molar-refractivity contribution in [1.29, 1.82) is 0 Å². The van der Waals surface area contributed by atoms with Crippen LogP contribution in [0.15, 0.2) is 53.9 Å². The molecule has 0 bridgehead atoms. The van der Waals surface area contributed by atoms with Gasteiger partial charge in [-0.05, 0) is 36.4 Å². The molecule has 0 aliphatic rings. The van der Waals surface area contributed by atoms with E-state index in [-0.39, 0.29) is 4.90 Å². The number of benzene rings is 1. The van der Waals surface area contributed by atoms with Crippen LogP contribution in [0.1, 0.15) is 24.2 Å². The summed E-state index contributed by atoms with van der Waals surface area (Å²) in [5.41, 5.74) is 0.323. The van der Waals surface area contributed by atoms with Crippen LogP contribution in [0.5, 0.6) is 0 Å². The first kappa shape index (κ1) is 20.5. The molecule has 2 rings (SSSR count). The summed E-state index contributed by atoms with van der Waals surface area (Å²) < 4.78 is 26.3. The Balaban J connectivity index is 2.08. The molecular formula is C18H23N5O3S. The van der Waals surface area contributed by atoms with Gasteiger partial charge < -0.3 is 10.6 Å². The van der Waals surface area contributed by atoms with Gasteiger partial charge in [0.15, 0.2) is 5.82 Å². The predicted octanol–water partition coefficient (Wildman–Crippen LogP) is 2.36. The molecule has 1 heterocycles. The highest BCUT2D eigenvalue weighted by atomic mass is 32.2. The highest BCUT2D eigenvalue weighted by Crippen LogP contribution is 2.17. The van der Waals surface area contributed by atoms with Crippen LogP contribution in [0.4, 0.5) is 11.6 Å². The molecule has 0 aliphatic carbocycles. The summed E-state index contributed by atoms with van der Waals surface area (Å²) in [6.07, 6.45) is 1.70. The van der Waals surface area contributed by atoms with Gasteiger partial charge in [0, 0.05) is 25.2 Å². The standard InChI is InChI=1S/C18H23N5O3S/c1-4-13-19-16-11-12-17(22-21-16)20-18(24)14-7-9-15(10-8-14)27(25,26)23(5-2)6-3/h4,7-12H,1,5-6,13H2,2-3H3,(H,19,21)(H,20,22,24). The van der Waals surface area contributed by atoms with Crippen molar-refractivity contribution < 1.29 is 13.2 Å². The number of sulfonamides is 1. The molecule has 0 unspecified atom stereocenters. The van der Waals surface area contributed by atoms with E-state index in [0.717, 1.165) is 0 Å². The molecule has 1 amide bonds. The lowest BCUT2D eigenvalue weighted by Crippen LogP contribution is -2.30. The Labute approximate surface area is 159 Å². The minimum absolute atomic E-state index is 0.153. The molecule has 0 saturated heterocycles. The fourth-order valence-corrected chi connectivity index (χ4v) is 3.81. The fourth-order valence-electron chi connectivity index (χ4n) is 2.35. The van der Waals surface area contributed by atoms with Crippen molar-refractivity contribution in [2.45, 2.75) is 18.7 Å². The molecule has 1 aromatic carbocycles. The Bertz CT molecular complexity index is 876. The summed E-state index contributed by atoms with van der Waals surface area (Å²) in [6.45, 7) is 8.49. The van der Waals surface area contributed by atoms with Crippen LogP contribution in [0, 0.1) is 0 Å². The third-order valence-corrected chi connectivity index (χ3v) is 5.86. The maximum Gasteiger partial charge on any atom is 0.256 e. The smallest absolute Gasteiger partial charge is 0.256 e. The van der Waals surface area contributed by atoms with Crippen molar-refractivity contribution >= 4 is 27.6 Å². The molecule has 0 atom stereocenters. The minimum atomic E-state index is -3.55. The molecule has 27 heavy (non-hydrogen) atoms. The number of nitrogens with zero attached hydrogens (tertiary/aromatic N) is 3. The molecule has 9 heteroatoms. The van der Waals surface area contributed by atoms with E-state index in [2.05, 4.69) is 27.4 Å². The fraction of sp³-hybridized carbons (Fsp3) is 0.278. The lowest BCUT2D eigenvalue weighted by molar-refractivity contribution is 0.102. The number of anilines is 2. The van der Waals surface area contributed by atoms with E-state index in [0.29, 0.717) is 36.8 Å². The van der Waals surface area contributed by atoms with Crippen LogP contribution in [-0.2, 0) is 10.0 Å². The summed E-state index contributed by atoms with van der Waals surface area (Å²) in [5, 5.41) is 13.5. The Hall–Kier alpha value is -2.78. The predicted molar refractivity (Wildman–Crippen MR) is 105 cm³/mol. The van der Waals surface area contributed by atoms with Gasteiger partial charge in [-0.25, -0.2) is 8.42 Å². The van der Waals surface area contributed by atoms with Crippen molar-refractivity contribution in [3.05, 3.63) is 54.6 Å². The SMILES string of the molecule is C=CCNc1ccc(NC(=O)c2ccc(S(=O)(=O)N(CC)CC)cc2)nn1. The van der Waals surface area contributed by atoms with E-state index in [1.54, 1.807) is 32.1 Å². The highest BCUT2D eigenvalue weighted by Gasteiger charge is 2.21. The third kappa shape index (κ3) is 5.11. The van der Waals surface area contributed by atoms with Gasteiger partial charge in [0.05, 0.1) is 4.90 Å². The molecule has 2 aromatic rings. The third-order valence-electron chi connectivity index (χ3n) is 3.79. The zero-order valence-electron chi connectivity index (χ0n) is 15.3. The number of hydrogen-bond acceptors (Lipinski definition) is 6. The first-order valence-electron chi connectivity index (χ1n) is 8.52. The van der Waals surface area contributed by atoms with Crippen LogP contribution < -0.4 is 10.6 Å². The van der Waals surface area contributed by atoms with Gasteiger partial charge in [-0.1, -0.05) is 19.9 Å². The van der Waals surface area contributed by atoms with Crippen molar-refractivity contribution in [1.82, 2.24) is 14.5 Å². The molecule has 2 N–H and O–H groups in total. The Morgan fingerprint density at radius 3 is 2.19 bits per heavy atom. The van der Waals surface area contributed by atoms with Gasteiger partial charge >= 0.3 is 0 Å². The summed E-state index contributed by atoms with van der Waals surface area (Å²) in [4.78, 5) is 12.5. The molecule has 0 spiro atoms. The topological polar surface area (TPSA) is 104 Å². The van der Waals surface area contributed by atoms with Crippen molar-refractivity contribution in [2.75, 3.05) is 30.3 Å². The Morgan fingerprint density at radius 1 is 1.07 bits per heavy atom. The minimum Gasteiger partial charge on any atom is -0.365 e. The Morgan fingerprint density at radius 2 is 1.67 bits per heavy atom. The van der Waals surface area contributed by atoms with Crippen molar-refractivity contribution in [3.63, 3.8) is 0 Å². The zero-order valence-corrected chi connectivity index (χ0v) is 16.2. The summed E-state index contributed by atoms with van der Waals surface area (Å²) in [6, 6.07) is 9.10. The number of hydrogen-bond donors (Lipinski definition) is 2. The van der Waals surface area contributed by atoms with Crippen molar-refractivity contribution in [2.24, 2.45) is 0 Å². The van der Waals surface area contributed by atoms with E-state index in [9.17, 15) is 13.2 Å². The van der Waals surface area contributed by atoms with Crippen LogP contribution in [0.3, 0.4) is 0 Å². The molecule has 0 aliphatic heterocycles. The maximum atomic E-state index is 12.5. The second-order valence-corrected chi connectivity index (χ2v) is 7.48. The number of nitrogens with one attached hydrogen (secondary N) is 2. The molecule has 0 saturated carbocycles. The van der Waals surface area contributed by atoms with Gasteiger partial charge in [0.1, 0.15) is 5.82 Å². The average Bonchev–Trinajstić information content (AvgIpc) is 2.68. The molecule has 8 nitrogen and oxygen atoms in total. The van der Waals surface area contributed by atoms with Gasteiger partial charge in [0.2, 0.25) is 10.0 Å². The van der Waals surface area contributed by atoms with Crippen LogP contribution in [0.25, 0.3) is 0 Å². The molecular weight excluding hydrogens is 366 g/mol. The molecule has 0 radical (unpaired) electrons. The summed E-state index contributed by atoms with van der Waals surface area (Å²) in [5.74, 6) is 0.464. The van der Waals surface area contributed by atoms with E-state index in [1.165, 1.54) is 28.6 Å². The van der Waals surface area contributed by atoms with E-state index >= 15 is 0 Å². The second kappa shape index (κ2) is 9.24. The van der Waals surface area contributed by atoms with Crippen molar-refractivity contribution in [3.8, 4) is 0 Å². The highest BCUT2D eigenvalue weighted by molar-refractivity contribution is 7.89. The summed E-state index contributed by atoms with van der Waals surface area (Å²) >= 11 is 0. The van der Waals surface area contributed by atoms with E-state index in [4.69, 9.17) is 0 Å². The second-order valence-electron chi connectivity index (χ2n) is 5.54. The van der Waals surface area contributed by atoms with Crippen LogP contribution >= 0.6 is 0 Å². The number of rotatable bonds is 9. The van der Waals surface area contributed by atoms with Gasteiger partial charge in [0.25, 0.3) is 5.91 Å². The van der Waals surface area contributed by atoms with E-state index in [1.807, 2.05) is 0 Å². The number of carbonyl (C=O) groups is 1. The lowest BCUT2D eigenvalue weighted by Gasteiger charge is -2.18. The maximum absolute atomic E-state index is 12.5. The van der Waals surface area contributed by atoms with Gasteiger partial charge in [-0.15, -0.1) is 16.8 Å². The van der Waals surface area contributed by atoms with Gasteiger partial charge in [-0.3, -0.25) is 4.79 Å². The average molecular weight is 389 g/mol. The molecule has 0 fully saturated rings. The lowest BCUT2D eigenvalue weighted by atomic mass is 10.2. The first-order valence-corrected chi connectivity index (χ1v) is 9.96. The monoisotopic (exact) mass is 389 g/mol. The Kier molecular flexibility index (Phi) is 7.03. The normalized spacial score (nSPS) is 11.2. The number of amides is 1. The van der Waals surface area contributed by atoms with Crippen LogP contribution in [-0.4, -0.2) is 48.5 Å². The van der Waals surface area contributed by atoms with E-state index < -0.39 is 15.9 Å². The summed E-state index contributed by atoms with van der Waals surface area (Å²) in [7, 11) is -3.55. The molecule has 1 aromatic heterocycles. The first-order chi connectivity index (χ1) is 12.9. The number of aromatic nitrogens is 2. The largest absolute Gasteiger partial charge is 0.365 e. The molecule has 144 valence electrons.